The number of nitrogens with one attached hydrogen (secondary N) is 2. The zero-order valence-electron chi connectivity index (χ0n) is 13.2. The quantitative estimate of drug-likeness (QED) is 0.864. The molecule has 0 saturated carbocycles. The molecule has 2 saturated heterocycles. The standard InChI is InChI=1S/C15H27N5O/c1-3-16-11-12-5-8-20(9-6-12)14-17-13(18-19-14)15(2)7-4-10-21-15/h12,16H,3-11H2,1-2H3,(H,17,18,19). The molecule has 1 atom stereocenters. The Morgan fingerprint density at radius 1 is 1.43 bits per heavy atom. The molecule has 2 N–H and O–H groups in total. The van der Waals surface area contributed by atoms with Gasteiger partial charge < -0.3 is 15.0 Å². The number of H-pyrrole nitrogens is 1. The van der Waals surface area contributed by atoms with E-state index in [0.717, 1.165) is 63.3 Å². The molecule has 6 nitrogen and oxygen atoms in total. The average molecular weight is 293 g/mol. The molecule has 0 aliphatic carbocycles. The summed E-state index contributed by atoms with van der Waals surface area (Å²) >= 11 is 0. The number of anilines is 1. The van der Waals surface area contributed by atoms with E-state index in [1.807, 2.05) is 0 Å². The van der Waals surface area contributed by atoms with Gasteiger partial charge in [0.15, 0.2) is 5.82 Å². The van der Waals surface area contributed by atoms with Gasteiger partial charge in [0.1, 0.15) is 5.60 Å². The first-order chi connectivity index (χ1) is 10.2. The summed E-state index contributed by atoms with van der Waals surface area (Å²) in [5, 5.41) is 10.9. The topological polar surface area (TPSA) is 66.1 Å². The molecule has 118 valence electrons. The lowest BCUT2D eigenvalue weighted by Crippen LogP contribution is -2.37. The average Bonchev–Trinajstić information content (AvgIpc) is 3.15. The third-order valence-corrected chi connectivity index (χ3v) is 4.77. The zero-order chi connectivity index (χ0) is 14.7. The maximum atomic E-state index is 5.83. The number of nitrogens with zero attached hydrogens (tertiary/aromatic N) is 3. The van der Waals surface area contributed by atoms with E-state index in [0.29, 0.717) is 0 Å². The van der Waals surface area contributed by atoms with Crippen molar-refractivity contribution in [3.05, 3.63) is 5.82 Å². The molecule has 3 heterocycles. The van der Waals surface area contributed by atoms with Crippen LogP contribution in [0.1, 0.15) is 45.4 Å². The van der Waals surface area contributed by atoms with Gasteiger partial charge in [0, 0.05) is 19.7 Å². The second-order valence-electron chi connectivity index (χ2n) is 6.40. The van der Waals surface area contributed by atoms with Crippen LogP contribution in [0.5, 0.6) is 0 Å². The third-order valence-electron chi connectivity index (χ3n) is 4.77. The first-order valence-electron chi connectivity index (χ1n) is 8.24. The lowest BCUT2D eigenvalue weighted by Gasteiger charge is -2.31. The van der Waals surface area contributed by atoms with Crippen molar-refractivity contribution in [1.29, 1.82) is 0 Å². The minimum Gasteiger partial charge on any atom is -0.367 e. The lowest BCUT2D eigenvalue weighted by atomic mass is 9.97. The molecule has 6 heteroatoms. The number of hydrogen-bond donors (Lipinski definition) is 2. The SMILES string of the molecule is CCNCC1CCN(c2n[nH]c(C3(C)CCCO3)n2)CC1. The van der Waals surface area contributed by atoms with Crippen molar-refractivity contribution in [2.24, 2.45) is 5.92 Å². The van der Waals surface area contributed by atoms with Crippen molar-refractivity contribution in [1.82, 2.24) is 20.5 Å². The predicted octanol–water partition coefficient (Wildman–Crippen LogP) is 1.66. The molecule has 0 amide bonds. The van der Waals surface area contributed by atoms with E-state index >= 15 is 0 Å². The Labute approximate surface area is 126 Å². The van der Waals surface area contributed by atoms with Gasteiger partial charge in [0.05, 0.1) is 0 Å². The second kappa shape index (κ2) is 6.32. The van der Waals surface area contributed by atoms with Crippen LogP contribution in [0, 0.1) is 5.92 Å². The van der Waals surface area contributed by atoms with Crippen LogP contribution in [-0.4, -0.2) is 48.0 Å². The van der Waals surface area contributed by atoms with Crippen LogP contribution >= 0.6 is 0 Å². The molecule has 0 spiro atoms. The number of aromatic nitrogens is 3. The van der Waals surface area contributed by atoms with Gasteiger partial charge in [0.25, 0.3) is 0 Å². The van der Waals surface area contributed by atoms with Crippen LogP contribution in [0.15, 0.2) is 0 Å². The summed E-state index contributed by atoms with van der Waals surface area (Å²) < 4.78 is 5.83. The van der Waals surface area contributed by atoms with Crippen LogP contribution in [-0.2, 0) is 10.3 Å². The van der Waals surface area contributed by atoms with Gasteiger partial charge in [-0.1, -0.05) is 6.92 Å². The van der Waals surface area contributed by atoms with Crippen molar-refractivity contribution in [2.75, 3.05) is 37.7 Å². The van der Waals surface area contributed by atoms with Gasteiger partial charge in [0.2, 0.25) is 5.95 Å². The summed E-state index contributed by atoms with van der Waals surface area (Å²) in [6, 6.07) is 0. The summed E-state index contributed by atoms with van der Waals surface area (Å²) in [6.07, 6.45) is 4.55. The van der Waals surface area contributed by atoms with E-state index in [-0.39, 0.29) is 5.60 Å². The van der Waals surface area contributed by atoms with E-state index in [4.69, 9.17) is 9.72 Å². The molecule has 1 aromatic rings. The molecule has 3 rings (SSSR count). The first kappa shape index (κ1) is 14.8. The van der Waals surface area contributed by atoms with Gasteiger partial charge in [-0.3, -0.25) is 5.10 Å². The maximum Gasteiger partial charge on any atom is 0.244 e. The fourth-order valence-electron chi connectivity index (χ4n) is 3.28. The Kier molecular flexibility index (Phi) is 4.45. The number of aromatic amines is 1. The molecule has 2 fully saturated rings. The fraction of sp³-hybridized carbons (Fsp3) is 0.867. The maximum absolute atomic E-state index is 5.83. The highest BCUT2D eigenvalue weighted by Gasteiger charge is 2.35. The van der Waals surface area contributed by atoms with Crippen molar-refractivity contribution in [2.45, 2.75) is 45.1 Å². The molecule has 0 radical (unpaired) electrons. The van der Waals surface area contributed by atoms with Crippen LogP contribution < -0.4 is 10.2 Å². The molecular formula is C15H27N5O. The van der Waals surface area contributed by atoms with Crippen LogP contribution in [0.4, 0.5) is 5.95 Å². The van der Waals surface area contributed by atoms with Crippen molar-refractivity contribution < 1.29 is 4.74 Å². The fourth-order valence-corrected chi connectivity index (χ4v) is 3.28. The van der Waals surface area contributed by atoms with E-state index in [1.165, 1.54) is 12.8 Å². The Balaban J connectivity index is 1.57. The van der Waals surface area contributed by atoms with Gasteiger partial charge >= 0.3 is 0 Å². The van der Waals surface area contributed by atoms with E-state index in [2.05, 4.69) is 34.3 Å². The van der Waals surface area contributed by atoms with Crippen LogP contribution in [0.2, 0.25) is 0 Å². The zero-order valence-corrected chi connectivity index (χ0v) is 13.2. The highest BCUT2D eigenvalue weighted by molar-refractivity contribution is 5.30. The van der Waals surface area contributed by atoms with E-state index in [9.17, 15) is 0 Å². The van der Waals surface area contributed by atoms with Gasteiger partial charge in [-0.2, -0.15) is 4.98 Å². The summed E-state index contributed by atoms with van der Waals surface area (Å²) in [4.78, 5) is 6.99. The third kappa shape index (κ3) is 3.21. The second-order valence-corrected chi connectivity index (χ2v) is 6.40. The largest absolute Gasteiger partial charge is 0.367 e. The minimum atomic E-state index is -0.269. The highest BCUT2D eigenvalue weighted by atomic mass is 16.5. The molecular weight excluding hydrogens is 266 g/mol. The lowest BCUT2D eigenvalue weighted by molar-refractivity contribution is 0.00966. The number of piperidine rings is 1. The predicted molar refractivity (Wildman–Crippen MR) is 82.4 cm³/mol. The van der Waals surface area contributed by atoms with Gasteiger partial charge in [-0.15, -0.1) is 5.10 Å². The van der Waals surface area contributed by atoms with Crippen molar-refractivity contribution >= 4 is 5.95 Å². The molecule has 0 aromatic carbocycles. The summed E-state index contributed by atoms with van der Waals surface area (Å²) in [6.45, 7) is 9.37. The number of ether oxygens (including phenoxy) is 1. The summed E-state index contributed by atoms with van der Waals surface area (Å²) in [7, 11) is 0. The molecule has 0 bridgehead atoms. The molecule has 21 heavy (non-hydrogen) atoms. The summed E-state index contributed by atoms with van der Waals surface area (Å²) in [5.41, 5.74) is -0.269. The van der Waals surface area contributed by atoms with Crippen molar-refractivity contribution in [3.8, 4) is 0 Å². The first-order valence-corrected chi connectivity index (χ1v) is 8.24. The minimum absolute atomic E-state index is 0.269. The Hall–Kier alpha value is -1.14. The number of rotatable bonds is 5. The smallest absolute Gasteiger partial charge is 0.244 e. The Morgan fingerprint density at radius 3 is 2.90 bits per heavy atom. The molecule has 2 aliphatic rings. The van der Waals surface area contributed by atoms with Crippen molar-refractivity contribution in [3.63, 3.8) is 0 Å². The Bertz CT molecular complexity index is 447. The van der Waals surface area contributed by atoms with Gasteiger partial charge in [-0.25, -0.2) is 0 Å². The van der Waals surface area contributed by atoms with E-state index < -0.39 is 0 Å². The molecule has 1 unspecified atom stereocenters. The molecule has 2 aliphatic heterocycles. The molecule has 1 aromatic heterocycles. The van der Waals surface area contributed by atoms with Crippen LogP contribution in [0.25, 0.3) is 0 Å². The van der Waals surface area contributed by atoms with Crippen LogP contribution in [0.3, 0.4) is 0 Å². The summed E-state index contributed by atoms with van der Waals surface area (Å²) in [5.74, 6) is 2.50. The highest BCUT2D eigenvalue weighted by Crippen LogP contribution is 2.34. The number of hydrogen-bond acceptors (Lipinski definition) is 5. The van der Waals surface area contributed by atoms with Gasteiger partial charge in [-0.05, 0) is 51.6 Å². The normalized spacial score (nSPS) is 27.4. The van der Waals surface area contributed by atoms with E-state index in [1.54, 1.807) is 0 Å². The Morgan fingerprint density at radius 2 is 2.24 bits per heavy atom. The monoisotopic (exact) mass is 293 g/mol.